The normalized spacial score (nSPS) is 11.5. The largest absolute Gasteiger partial charge is 0.531 e. The number of nitrogen functional groups attached to an aromatic ring is 1. The highest BCUT2D eigenvalue weighted by atomic mass is 28.4. The van der Waals surface area contributed by atoms with Crippen molar-refractivity contribution < 1.29 is 14.4 Å². The Morgan fingerprint density at radius 3 is 2.00 bits per heavy atom. The van der Waals surface area contributed by atoms with E-state index in [9.17, 15) is 0 Å². The van der Waals surface area contributed by atoms with Crippen LogP contribution in [-0.2, 0) is 0 Å². The first-order valence-corrected chi connectivity index (χ1v) is 4.88. The van der Waals surface area contributed by atoms with Gasteiger partial charge in [0, 0.05) is 10.9 Å². The number of anilines is 1. The average Bonchev–Trinajstić information content (AvgIpc) is 1.86. The zero-order valence-electron chi connectivity index (χ0n) is 5.73. The maximum Gasteiger partial charge on any atom is 0.531 e. The summed E-state index contributed by atoms with van der Waals surface area (Å²) in [6, 6.07) is 6.12. The fraction of sp³-hybridized carbons (Fsp3) is 0. The monoisotopic (exact) mass is 171 g/mol. The number of nitrogens with two attached hydrogens (primary N) is 1. The molecule has 0 saturated heterocycles. The van der Waals surface area contributed by atoms with Crippen molar-refractivity contribution in [2.75, 3.05) is 5.73 Å². The molecule has 1 aromatic rings. The van der Waals surface area contributed by atoms with Crippen LogP contribution in [0.5, 0.6) is 0 Å². The van der Waals surface area contributed by atoms with Gasteiger partial charge in [0.05, 0.1) is 0 Å². The Morgan fingerprint density at radius 1 is 1.09 bits per heavy atom. The molecule has 0 atom stereocenters. The van der Waals surface area contributed by atoms with Crippen LogP contribution < -0.4 is 10.9 Å². The zero-order chi connectivity index (χ0) is 8.48. The molecule has 0 aliphatic rings. The van der Waals surface area contributed by atoms with Gasteiger partial charge in [0.2, 0.25) is 0 Å². The van der Waals surface area contributed by atoms with E-state index < -0.39 is 8.80 Å². The molecule has 0 aromatic heterocycles. The van der Waals surface area contributed by atoms with E-state index in [0.29, 0.717) is 0 Å². The summed E-state index contributed by atoms with van der Waals surface area (Å²) < 4.78 is 0. The smallest absolute Gasteiger partial charge is 0.399 e. The fourth-order valence-electron chi connectivity index (χ4n) is 0.802. The minimum Gasteiger partial charge on any atom is -0.399 e. The first-order valence-electron chi connectivity index (χ1n) is 3.04. The minimum absolute atomic E-state index is 0.0278. The van der Waals surface area contributed by atoms with Gasteiger partial charge in [-0.2, -0.15) is 0 Å². The second-order valence-electron chi connectivity index (χ2n) is 2.22. The molecule has 5 heteroatoms. The molecule has 0 saturated carbocycles. The molecular weight excluding hydrogens is 162 g/mol. The van der Waals surface area contributed by atoms with E-state index >= 15 is 0 Å². The Hall–Kier alpha value is -0.883. The molecule has 0 bridgehead atoms. The lowest BCUT2D eigenvalue weighted by Gasteiger charge is -2.11. The van der Waals surface area contributed by atoms with Crippen LogP contribution in [0.25, 0.3) is 0 Å². The third-order valence-corrected chi connectivity index (χ3v) is 2.50. The van der Waals surface area contributed by atoms with Crippen molar-refractivity contribution in [2.24, 2.45) is 0 Å². The summed E-state index contributed by atoms with van der Waals surface area (Å²) in [6.45, 7) is 0. The molecule has 0 aliphatic carbocycles. The summed E-state index contributed by atoms with van der Waals surface area (Å²) in [5.41, 5.74) is 5.56. The molecule has 0 spiro atoms. The van der Waals surface area contributed by atoms with Gasteiger partial charge in [-0.25, -0.2) is 0 Å². The summed E-state index contributed by atoms with van der Waals surface area (Å²) in [7, 11) is -4.20. The van der Waals surface area contributed by atoms with Crippen molar-refractivity contribution in [2.45, 2.75) is 0 Å². The first kappa shape index (κ1) is 8.22. The van der Waals surface area contributed by atoms with Crippen molar-refractivity contribution in [3.8, 4) is 0 Å². The van der Waals surface area contributed by atoms with Crippen molar-refractivity contribution in [3.05, 3.63) is 24.3 Å². The number of hydrogen-bond acceptors (Lipinski definition) is 4. The third-order valence-electron chi connectivity index (χ3n) is 1.32. The molecular formula is C6H9NO3Si. The van der Waals surface area contributed by atoms with Crippen LogP contribution in [0, 0.1) is 0 Å². The van der Waals surface area contributed by atoms with E-state index in [1.54, 1.807) is 12.1 Å². The highest BCUT2D eigenvalue weighted by Crippen LogP contribution is 2.00. The number of para-hydroxylation sites is 1. The van der Waals surface area contributed by atoms with Crippen molar-refractivity contribution >= 4 is 19.7 Å². The van der Waals surface area contributed by atoms with Crippen LogP contribution in [0.15, 0.2) is 24.3 Å². The predicted molar refractivity (Wildman–Crippen MR) is 42.9 cm³/mol. The quantitative estimate of drug-likeness (QED) is 0.302. The van der Waals surface area contributed by atoms with Crippen molar-refractivity contribution in [3.63, 3.8) is 0 Å². The molecule has 1 rings (SSSR count). The minimum atomic E-state index is -4.20. The van der Waals surface area contributed by atoms with Gasteiger partial charge in [0.1, 0.15) is 0 Å². The van der Waals surface area contributed by atoms with Gasteiger partial charge < -0.3 is 20.1 Å². The molecule has 1 aromatic carbocycles. The van der Waals surface area contributed by atoms with Gasteiger partial charge in [-0.05, 0) is 6.07 Å². The summed E-state index contributed by atoms with van der Waals surface area (Å²) >= 11 is 0. The standard InChI is InChI=1S/C6H9NO3Si/c7-5-3-1-2-4-6(5)11(8,9)10/h1-4,8-10H,7H2. The molecule has 11 heavy (non-hydrogen) atoms. The number of rotatable bonds is 1. The van der Waals surface area contributed by atoms with E-state index in [0.717, 1.165) is 0 Å². The molecule has 5 N–H and O–H groups in total. The highest BCUT2D eigenvalue weighted by molar-refractivity contribution is 6.73. The Balaban J connectivity index is 3.14. The van der Waals surface area contributed by atoms with E-state index in [1.165, 1.54) is 12.1 Å². The van der Waals surface area contributed by atoms with Gasteiger partial charge in [-0.3, -0.25) is 0 Å². The fourth-order valence-corrected chi connectivity index (χ4v) is 1.59. The zero-order valence-corrected chi connectivity index (χ0v) is 6.73. The molecule has 0 aliphatic heterocycles. The summed E-state index contributed by atoms with van der Waals surface area (Å²) in [6.07, 6.45) is 0. The van der Waals surface area contributed by atoms with Crippen LogP contribution in [0.3, 0.4) is 0 Å². The Kier molecular flexibility index (Phi) is 1.96. The third kappa shape index (κ3) is 1.78. The topological polar surface area (TPSA) is 86.7 Å². The summed E-state index contributed by atoms with van der Waals surface area (Å²) in [5.74, 6) is 0. The molecule has 0 heterocycles. The van der Waals surface area contributed by atoms with E-state index in [2.05, 4.69) is 0 Å². The molecule has 0 fully saturated rings. The number of benzene rings is 1. The summed E-state index contributed by atoms with van der Waals surface area (Å²) in [4.78, 5) is 26.5. The van der Waals surface area contributed by atoms with Gasteiger partial charge in [-0.15, -0.1) is 0 Å². The second-order valence-corrected chi connectivity index (χ2v) is 4.03. The molecule has 0 amide bonds. The molecule has 0 radical (unpaired) electrons. The molecule has 4 nitrogen and oxygen atoms in total. The maximum atomic E-state index is 8.84. The highest BCUT2D eigenvalue weighted by Gasteiger charge is 2.31. The van der Waals surface area contributed by atoms with Crippen molar-refractivity contribution in [1.82, 2.24) is 0 Å². The Morgan fingerprint density at radius 2 is 1.64 bits per heavy atom. The maximum absolute atomic E-state index is 8.84. The lowest BCUT2D eigenvalue weighted by Crippen LogP contribution is -2.49. The van der Waals surface area contributed by atoms with E-state index in [-0.39, 0.29) is 10.9 Å². The first-order chi connectivity index (χ1) is 5.02. The lowest BCUT2D eigenvalue weighted by atomic mass is 10.3. The van der Waals surface area contributed by atoms with Crippen LogP contribution in [0.4, 0.5) is 5.69 Å². The molecule has 0 unspecified atom stereocenters. The Labute approximate surface area is 64.9 Å². The van der Waals surface area contributed by atoms with E-state index in [1.807, 2.05) is 0 Å². The SMILES string of the molecule is Nc1ccccc1[Si](O)(O)O. The average molecular weight is 171 g/mol. The van der Waals surface area contributed by atoms with Gasteiger partial charge in [0.25, 0.3) is 0 Å². The van der Waals surface area contributed by atoms with Crippen molar-refractivity contribution in [1.29, 1.82) is 0 Å². The number of hydrogen-bond donors (Lipinski definition) is 4. The lowest BCUT2D eigenvalue weighted by molar-refractivity contribution is 0.250. The van der Waals surface area contributed by atoms with E-state index in [4.69, 9.17) is 20.1 Å². The van der Waals surface area contributed by atoms with Gasteiger partial charge in [-0.1, -0.05) is 18.2 Å². The van der Waals surface area contributed by atoms with Crippen LogP contribution in [0.2, 0.25) is 0 Å². The van der Waals surface area contributed by atoms with Gasteiger partial charge in [0.15, 0.2) is 0 Å². The van der Waals surface area contributed by atoms with Crippen LogP contribution >= 0.6 is 0 Å². The summed E-state index contributed by atoms with van der Waals surface area (Å²) in [5, 5.41) is 0.0278. The van der Waals surface area contributed by atoms with Crippen LogP contribution in [-0.4, -0.2) is 23.2 Å². The second kappa shape index (κ2) is 2.63. The van der Waals surface area contributed by atoms with Crippen LogP contribution in [0.1, 0.15) is 0 Å². The molecule has 60 valence electrons. The van der Waals surface area contributed by atoms with Gasteiger partial charge >= 0.3 is 8.80 Å². The predicted octanol–water partition coefficient (Wildman–Crippen LogP) is -1.61. The Bertz CT molecular complexity index is 258.